The van der Waals surface area contributed by atoms with Crippen molar-refractivity contribution < 1.29 is 8.42 Å². The molecule has 1 aromatic carbocycles. The first-order valence-electron chi connectivity index (χ1n) is 5.81. The van der Waals surface area contributed by atoms with Gasteiger partial charge in [-0.15, -0.1) is 0 Å². The van der Waals surface area contributed by atoms with Gasteiger partial charge in [-0.25, -0.2) is 13.4 Å². The third-order valence-corrected chi connectivity index (χ3v) is 4.42. The summed E-state index contributed by atoms with van der Waals surface area (Å²) in [5, 5.41) is 0.107. The Morgan fingerprint density at radius 2 is 1.90 bits per heavy atom. The Bertz CT molecular complexity index is 740. The van der Waals surface area contributed by atoms with Gasteiger partial charge in [0.25, 0.3) is 10.0 Å². The van der Waals surface area contributed by atoms with E-state index in [0.29, 0.717) is 5.69 Å². The Labute approximate surface area is 122 Å². The van der Waals surface area contributed by atoms with Gasteiger partial charge in [0.2, 0.25) is 0 Å². The van der Waals surface area contributed by atoms with E-state index in [1.165, 1.54) is 18.2 Å². The lowest BCUT2D eigenvalue weighted by atomic mass is 10.2. The fourth-order valence-corrected chi connectivity index (χ4v) is 3.34. The first kappa shape index (κ1) is 14.6. The highest BCUT2D eigenvalue weighted by Gasteiger charge is 2.19. The van der Waals surface area contributed by atoms with E-state index >= 15 is 0 Å². The van der Waals surface area contributed by atoms with Crippen LogP contribution in [0.1, 0.15) is 11.3 Å². The molecule has 5 nitrogen and oxygen atoms in total. The molecule has 3 N–H and O–H groups in total. The topological polar surface area (TPSA) is 85.1 Å². The number of aromatic nitrogens is 1. The van der Waals surface area contributed by atoms with E-state index in [4.69, 9.17) is 17.3 Å². The molecule has 0 radical (unpaired) electrons. The maximum absolute atomic E-state index is 12.3. The third kappa shape index (κ3) is 3.20. The summed E-state index contributed by atoms with van der Waals surface area (Å²) in [6, 6.07) is 7.79. The minimum Gasteiger partial charge on any atom is -0.399 e. The lowest BCUT2D eigenvalue weighted by Crippen LogP contribution is -2.15. The quantitative estimate of drug-likeness (QED) is 0.853. The highest BCUT2D eigenvalue weighted by atomic mass is 35.5. The van der Waals surface area contributed by atoms with Crippen LogP contribution in [-0.4, -0.2) is 13.4 Å². The van der Waals surface area contributed by atoms with Gasteiger partial charge < -0.3 is 5.73 Å². The maximum atomic E-state index is 12.3. The molecule has 0 aliphatic carbocycles. The van der Waals surface area contributed by atoms with Gasteiger partial charge in [0.05, 0.1) is 5.02 Å². The highest BCUT2D eigenvalue weighted by molar-refractivity contribution is 7.92. The van der Waals surface area contributed by atoms with Gasteiger partial charge in [-0.2, -0.15) is 0 Å². The molecule has 2 rings (SSSR count). The Hall–Kier alpha value is -1.79. The lowest BCUT2D eigenvalue weighted by molar-refractivity contribution is 0.601. The van der Waals surface area contributed by atoms with Crippen LogP contribution in [0.15, 0.2) is 35.2 Å². The lowest BCUT2D eigenvalue weighted by Gasteiger charge is -2.10. The molecule has 20 heavy (non-hydrogen) atoms. The van der Waals surface area contributed by atoms with Crippen molar-refractivity contribution in [3.63, 3.8) is 0 Å². The SMILES string of the molecule is Cc1cc(C)nc(NS(=O)(=O)c2cc(N)ccc2Cl)c1. The number of nitrogen functional groups attached to an aromatic ring is 1. The molecule has 0 atom stereocenters. The molecule has 2 aromatic rings. The Kier molecular flexibility index (Phi) is 3.87. The van der Waals surface area contributed by atoms with E-state index in [1.807, 2.05) is 13.0 Å². The number of benzene rings is 1. The molecule has 0 unspecified atom stereocenters. The third-order valence-electron chi connectivity index (χ3n) is 2.58. The van der Waals surface area contributed by atoms with Gasteiger partial charge >= 0.3 is 0 Å². The summed E-state index contributed by atoms with van der Waals surface area (Å²) in [5.74, 6) is 0.251. The average Bonchev–Trinajstić information content (AvgIpc) is 2.30. The van der Waals surface area contributed by atoms with Crippen molar-refractivity contribution in [2.75, 3.05) is 10.5 Å². The van der Waals surface area contributed by atoms with Crippen molar-refractivity contribution in [3.05, 3.63) is 46.6 Å². The molecule has 0 saturated carbocycles. The summed E-state index contributed by atoms with van der Waals surface area (Å²) in [4.78, 5) is 4.06. The highest BCUT2D eigenvalue weighted by Crippen LogP contribution is 2.25. The minimum absolute atomic E-state index is 0.0693. The number of nitrogens with zero attached hydrogens (tertiary/aromatic N) is 1. The second kappa shape index (κ2) is 5.30. The minimum atomic E-state index is -3.82. The predicted molar refractivity (Wildman–Crippen MR) is 80.4 cm³/mol. The van der Waals surface area contributed by atoms with Crippen molar-refractivity contribution in [2.45, 2.75) is 18.7 Å². The van der Waals surface area contributed by atoms with Gasteiger partial charge in [0, 0.05) is 11.4 Å². The molecule has 0 spiro atoms. The second-order valence-electron chi connectivity index (χ2n) is 4.47. The van der Waals surface area contributed by atoms with Crippen LogP contribution in [0.2, 0.25) is 5.02 Å². The van der Waals surface area contributed by atoms with Crippen LogP contribution in [0, 0.1) is 13.8 Å². The van der Waals surface area contributed by atoms with Gasteiger partial charge in [-0.1, -0.05) is 11.6 Å². The zero-order chi connectivity index (χ0) is 14.9. The smallest absolute Gasteiger partial charge is 0.264 e. The van der Waals surface area contributed by atoms with Crippen molar-refractivity contribution >= 4 is 33.1 Å². The van der Waals surface area contributed by atoms with E-state index in [0.717, 1.165) is 11.3 Å². The molecular formula is C13H14ClN3O2S. The monoisotopic (exact) mass is 311 g/mol. The first-order chi connectivity index (χ1) is 9.28. The molecule has 0 aliphatic rings. The van der Waals surface area contributed by atoms with Crippen LogP contribution in [0.4, 0.5) is 11.5 Å². The summed E-state index contributed by atoms with van der Waals surface area (Å²) < 4.78 is 27.0. The summed E-state index contributed by atoms with van der Waals surface area (Å²) >= 11 is 5.91. The summed E-state index contributed by atoms with van der Waals surface area (Å²) in [6.07, 6.45) is 0. The molecular weight excluding hydrogens is 298 g/mol. The molecule has 1 aromatic heterocycles. The summed E-state index contributed by atoms with van der Waals surface area (Å²) in [6.45, 7) is 3.65. The second-order valence-corrected chi connectivity index (χ2v) is 6.52. The van der Waals surface area contributed by atoms with Crippen molar-refractivity contribution in [3.8, 4) is 0 Å². The summed E-state index contributed by atoms with van der Waals surface area (Å²) in [5.41, 5.74) is 7.56. The fraction of sp³-hybridized carbons (Fsp3) is 0.154. The summed E-state index contributed by atoms with van der Waals surface area (Å²) in [7, 11) is -3.82. The zero-order valence-corrected chi connectivity index (χ0v) is 12.6. The predicted octanol–water partition coefficient (Wildman–Crippen LogP) is 2.73. The molecule has 0 aliphatic heterocycles. The zero-order valence-electron chi connectivity index (χ0n) is 11.0. The number of anilines is 2. The van der Waals surface area contributed by atoms with Crippen LogP contribution in [0.3, 0.4) is 0 Å². The fourth-order valence-electron chi connectivity index (χ4n) is 1.81. The van der Waals surface area contributed by atoms with Gasteiger partial charge in [-0.05, 0) is 49.7 Å². The molecule has 1 heterocycles. The standard InChI is InChI=1S/C13H14ClN3O2S/c1-8-5-9(2)16-13(6-8)17-20(18,19)12-7-10(15)3-4-11(12)14/h3-7H,15H2,1-2H3,(H,16,17). The molecule has 0 saturated heterocycles. The van der Waals surface area contributed by atoms with Crippen LogP contribution in [0.25, 0.3) is 0 Å². The van der Waals surface area contributed by atoms with Crippen LogP contribution >= 0.6 is 11.6 Å². The Morgan fingerprint density at radius 1 is 1.20 bits per heavy atom. The van der Waals surface area contributed by atoms with Crippen molar-refractivity contribution in [1.82, 2.24) is 4.98 Å². The van der Waals surface area contributed by atoms with Crippen LogP contribution in [0.5, 0.6) is 0 Å². The van der Waals surface area contributed by atoms with E-state index in [2.05, 4.69) is 9.71 Å². The first-order valence-corrected chi connectivity index (χ1v) is 7.67. The number of aryl methyl sites for hydroxylation is 2. The maximum Gasteiger partial charge on any atom is 0.264 e. The Balaban J connectivity index is 2.43. The number of pyridine rings is 1. The van der Waals surface area contributed by atoms with Gasteiger partial charge in [-0.3, -0.25) is 4.72 Å². The number of hydrogen-bond acceptors (Lipinski definition) is 4. The largest absolute Gasteiger partial charge is 0.399 e. The number of hydrogen-bond donors (Lipinski definition) is 2. The normalized spacial score (nSPS) is 11.3. The molecule has 0 bridgehead atoms. The molecule has 0 fully saturated rings. The van der Waals surface area contributed by atoms with E-state index in [1.54, 1.807) is 13.0 Å². The van der Waals surface area contributed by atoms with Crippen molar-refractivity contribution in [1.29, 1.82) is 0 Å². The van der Waals surface area contributed by atoms with E-state index < -0.39 is 10.0 Å². The molecule has 106 valence electrons. The number of rotatable bonds is 3. The molecule has 7 heteroatoms. The van der Waals surface area contributed by atoms with Crippen molar-refractivity contribution in [2.24, 2.45) is 0 Å². The van der Waals surface area contributed by atoms with Crippen LogP contribution in [-0.2, 0) is 10.0 Å². The van der Waals surface area contributed by atoms with E-state index in [-0.39, 0.29) is 15.7 Å². The Morgan fingerprint density at radius 3 is 2.55 bits per heavy atom. The van der Waals surface area contributed by atoms with Gasteiger partial charge in [0.15, 0.2) is 0 Å². The molecule has 0 amide bonds. The average molecular weight is 312 g/mol. The van der Waals surface area contributed by atoms with Gasteiger partial charge in [0.1, 0.15) is 10.7 Å². The number of halogens is 1. The number of nitrogens with two attached hydrogens (primary N) is 1. The number of nitrogens with one attached hydrogen (secondary N) is 1. The van der Waals surface area contributed by atoms with E-state index in [9.17, 15) is 8.42 Å². The van der Waals surface area contributed by atoms with Crippen LogP contribution < -0.4 is 10.5 Å². The number of sulfonamides is 1.